The van der Waals surface area contributed by atoms with Gasteiger partial charge in [-0.3, -0.25) is 0 Å². The molecule has 0 aliphatic carbocycles. The highest BCUT2D eigenvalue weighted by Crippen LogP contribution is 2.37. The van der Waals surface area contributed by atoms with Crippen molar-refractivity contribution in [2.45, 2.75) is 5.92 Å². The van der Waals surface area contributed by atoms with Crippen LogP contribution in [0.5, 0.6) is 5.75 Å². The Kier molecular flexibility index (Phi) is 3.10. The van der Waals surface area contributed by atoms with Crippen molar-refractivity contribution in [3.8, 4) is 5.75 Å². The first-order valence-corrected chi connectivity index (χ1v) is 6.36. The molecule has 0 N–H and O–H groups in total. The number of rotatable bonds is 2. The van der Waals surface area contributed by atoms with Crippen LogP contribution in [0.1, 0.15) is 17.0 Å². The zero-order valence-corrected chi connectivity index (χ0v) is 10.8. The first-order valence-electron chi connectivity index (χ1n) is 5.98. The predicted molar refractivity (Wildman–Crippen MR) is 75.3 cm³/mol. The van der Waals surface area contributed by atoms with Crippen molar-refractivity contribution < 1.29 is 9.53 Å². The van der Waals surface area contributed by atoms with Crippen LogP contribution in [0.15, 0.2) is 54.6 Å². The second-order valence-corrected chi connectivity index (χ2v) is 4.72. The molecule has 0 fully saturated rings. The summed E-state index contributed by atoms with van der Waals surface area (Å²) in [5, 5.41) is 0.609. The predicted octanol–water partition coefficient (Wildman–Crippen LogP) is 4.06. The number of fused-ring (bicyclic) bond motifs is 1. The average Bonchev–Trinajstić information content (AvgIpc) is 2.46. The summed E-state index contributed by atoms with van der Waals surface area (Å²) in [5.41, 5.74) is 1.68. The van der Waals surface area contributed by atoms with E-state index in [0.717, 1.165) is 17.4 Å². The van der Waals surface area contributed by atoms with Crippen LogP contribution in [0.25, 0.3) is 5.76 Å². The SMILES string of the molecule is O=CC1C=C(c2ccccc2Cl)Oc2ccccc21. The highest BCUT2D eigenvalue weighted by Gasteiger charge is 2.22. The Bertz CT molecular complexity index is 661. The smallest absolute Gasteiger partial charge is 0.133 e. The minimum atomic E-state index is -0.295. The van der Waals surface area contributed by atoms with Gasteiger partial charge in [0.25, 0.3) is 0 Å². The molecule has 1 atom stereocenters. The number of ether oxygens (including phenoxy) is 1. The summed E-state index contributed by atoms with van der Waals surface area (Å²) >= 11 is 6.17. The lowest BCUT2D eigenvalue weighted by Gasteiger charge is -2.22. The molecule has 3 rings (SSSR count). The summed E-state index contributed by atoms with van der Waals surface area (Å²) in [5.74, 6) is 1.04. The van der Waals surface area contributed by atoms with E-state index in [1.54, 1.807) is 12.1 Å². The Morgan fingerprint density at radius 3 is 2.58 bits per heavy atom. The normalized spacial score (nSPS) is 17.1. The maximum atomic E-state index is 11.3. The second-order valence-electron chi connectivity index (χ2n) is 4.31. The maximum Gasteiger partial charge on any atom is 0.133 e. The summed E-state index contributed by atoms with van der Waals surface area (Å²) in [7, 11) is 0. The maximum absolute atomic E-state index is 11.3. The molecule has 19 heavy (non-hydrogen) atoms. The first-order chi connectivity index (χ1) is 9.29. The van der Waals surface area contributed by atoms with Crippen LogP contribution in [0.3, 0.4) is 0 Å². The molecule has 0 saturated carbocycles. The molecule has 3 heteroatoms. The van der Waals surface area contributed by atoms with Crippen molar-refractivity contribution in [1.82, 2.24) is 0 Å². The molecule has 94 valence electrons. The zero-order chi connectivity index (χ0) is 13.2. The van der Waals surface area contributed by atoms with Crippen molar-refractivity contribution in [2.75, 3.05) is 0 Å². The molecule has 1 unspecified atom stereocenters. The number of allylic oxidation sites excluding steroid dienone is 1. The number of aldehydes is 1. The van der Waals surface area contributed by atoms with Crippen LogP contribution in [-0.2, 0) is 4.79 Å². The van der Waals surface area contributed by atoms with Gasteiger partial charge in [0.2, 0.25) is 0 Å². The van der Waals surface area contributed by atoms with E-state index in [2.05, 4.69) is 0 Å². The van der Waals surface area contributed by atoms with Crippen LogP contribution < -0.4 is 4.74 Å². The minimum Gasteiger partial charge on any atom is -0.457 e. The number of hydrogen-bond acceptors (Lipinski definition) is 2. The third-order valence-corrected chi connectivity index (χ3v) is 3.44. The molecule has 1 heterocycles. The Hall–Kier alpha value is -2.06. The fourth-order valence-electron chi connectivity index (χ4n) is 2.17. The van der Waals surface area contributed by atoms with Gasteiger partial charge in [-0.2, -0.15) is 0 Å². The number of carbonyl (C=O) groups is 1. The average molecular weight is 271 g/mol. The summed E-state index contributed by atoms with van der Waals surface area (Å²) < 4.78 is 5.85. The molecule has 2 aromatic rings. The van der Waals surface area contributed by atoms with Gasteiger partial charge in [0.15, 0.2) is 0 Å². The van der Waals surface area contributed by atoms with Crippen LogP contribution in [0.4, 0.5) is 0 Å². The Labute approximate surface area is 116 Å². The monoisotopic (exact) mass is 270 g/mol. The van der Waals surface area contributed by atoms with Crippen LogP contribution >= 0.6 is 11.6 Å². The molecule has 0 bridgehead atoms. The molecule has 2 nitrogen and oxygen atoms in total. The van der Waals surface area contributed by atoms with E-state index in [1.165, 1.54) is 0 Å². The van der Waals surface area contributed by atoms with Crippen molar-refractivity contribution in [3.63, 3.8) is 0 Å². The van der Waals surface area contributed by atoms with E-state index in [1.807, 2.05) is 42.5 Å². The van der Waals surface area contributed by atoms with Gasteiger partial charge in [-0.05, 0) is 24.3 Å². The van der Waals surface area contributed by atoms with Gasteiger partial charge in [0, 0.05) is 11.1 Å². The fourth-order valence-corrected chi connectivity index (χ4v) is 2.40. The molecule has 0 aromatic heterocycles. The largest absolute Gasteiger partial charge is 0.457 e. The van der Waals surface area contributed by atoms with Gasteiger partial charge < -0.3 is 9.53 Å². The van der Waals surface area contributed by atoms with Crippen LogP contribution in [-0.4, -0.2) is 6.29 Å². The molecular formula is C16H11ClO2. The zero-order valence-electron chi connectivity index (χ0n) is 10.0. The fraction of sp³-hybridized carbons (Fsp3) is 0.0625. The topological polar surface area (TPSA) is 26.3 Å². The van der Waals surface area contributed by atoms with Gasteiger partial charge >= 0.3 is 0 Å². The van der Waals surface area contributed by atoms with Crippen molar-refractivity contribution in [3.05, 3.63) is 70.8 Å². The van der Waals surface area contributed by atoms with E-state index >= 15 is 0 Å². The number of benzene rings is 2. The molecular weight excluding hydrogens is 260 g/mol. The van der Waals surface area contributed by atoms with Crippen molar-refractivity contribution in [1.29, 1.82) is 0 Å². The summed E-state index contributed by atoms with van der Waals surface area (Å²) in [6, 6.07) is 15.0. The van der Waals surface area contributed by atoms with E-state index in [-0.39, 0.29) is 5.92 Å². The second kappa shape index (κ2) is 4.90. The van der Waals surface area contributed by atoms with Crippen molar-refractivity contribution in [2.24, 2.45) is 0 Å². The van der Waals surface area contributed by atoms with Gasteiger partial charge in [-0.1, -0.05) is 41.9 Å². The first kappa shape index (κ1) is 12.0. The molecule has 0 saturated heterocycles. The molecule has 0 radical (unpaired) electrons. The molecule has 2 aromatic carbocycles. The minimum absolute atomic E-state index is 0.295. The molecule has 1 aliphatic heterocycles. The number of para-hydroxylation sites is 1. The lowest BCUT2D eigenvalue weighted by atomic mass is 9.95. The number of carbonyl (C=O) groups excluding carboxylic acids is 1. The third-order valence-electron chi connectivity index (χ3n) is 3.11. The summed E-state index contributed by atoms with van der Waals surface area (Å²) in [4.78, 5) is 11.3. The lowest BCUT2D eigenvalue weighted by molar-refractivity contribution is -0.108. The third kappa shape index (κ3) is 2.15. The number of halogens is 1. The Balaban J connectivity index is 2.09. The van der Waals surface area contributed by atoms with Gasteiger partial charge in [-0.25, -0.2) is 0 Å². The van der Waals surface area contributed by atoms with Crippen LogP contribution in [0.2, 0.25) is 5.02 Å². The standard InChI is InChI=1S/C16H11ClO2/c17-14-7-3-1-6-13(14)16-9-11(10-18)12-5-2-4-8-15(12)19-16/h1-11H. The highest BCUT2D eigenvalue weighted by molar-refractivity contribution is 6.32. The van der Waals surface area contributed by atoms with Crippen molar-refractivity contribution >= 4 is 23.6 Å². The quantitative estimate of drug-likeness (QED) is 0.770. The van der Waals surface area contributed by atoms with E-state index in [4.69, 9.17) is 16.3 Å². The van der Waals surface area contributed by atoms with E-state index < -0.39 is 0 Å². The molecule has 0 amide bonds. The summed E-state index contributed by atoms with van der Waals surface area (Å²) in [6.07, 6.45) is 2.72. The van der Waals surface area contributed by atoms with Crippen LogP contribution in [0, 0.1) is 0 Å². The molecule has 0 spiro atoms. The van der Waals surface area contributed by atoms with Gasteiger partial charge in [-0.15, -0.1) is 0 Å². The Morgan fingerprint density at radius 1 is 1.05 bits per heavy atom. The molecule has 1 aliphatic rings. The van der Waals surface area contributed by atoms with E-state index in [0.29, 0.717) is 16.5 Å². The van der Waals surface area contributed by atoms with E-state index in [9.17, 15) is 4.79 Å². The lowest BCUT2D eigenvalue weighted by Crippen LogP contribution is -2.10. The number of hydrogen-bond donors (Lipinski definition) is 0. The van der Waals surface area contributed by atoms with Gasteiger partial charge in [0.05, 0.1) is 10.9 Å². The highest BCUT2D eigenvalue weighted by atomic mass is 35.5. The van der Waals surface area contributed by atoms with Gasteiger partial charge in [0.1, 0.15) is 17.8 Å². The summed E-state index contributed by atoms with van der Waals surface area (Å²) in [6.45, 7) is 0. The Morgan fingerprint density at radius 2 is 1.79 bits per heavy atom.